The number of hydrogen-bond donors (Lipinski definition) is 0. The second-order valence-electron chi connectivity index (χ2n) is 6.15. The Morgan fingerprint density at radius 1 is 1.14 bits per heavy atom. The third-order valence-corrected chi connectivity index (χ3v) is 4.73. The topological polar surface area (TPSA) is 34.1 Å². The minimum atomic E-state index is -0.620. The lowest BCUT2D eigenvalue weighted by Crippen LogP contribution is -2.35. The van der Waals surface area contributed by atoms with Crippen molar-refractivity contribution in [3.05, 3.63) is 70.2 Å². The molecule has 0 bridgehead atoms. The number of ketones is 2. The Labute approximate surface area is 135 Å². The molecule has 0 fully saturated rings. The van der Waals surface area contributed by atoms with Gasteiger partial charge in [-0.05, 0) is 42.7 Å². The Hall–Kier alpha value is -1.93. The van der Waals surface area contributed by atoms with Gasteiger partial charge in [0.2, 0.25) is 0 Å². The molecule has 2 aromatic rings. The number of carbonyl (C=O) groups is 2. The molecule has 1 unspecified atom stereocenters. The van der Waals surface area contributed by atoms with Crippen LogP contribution < -0.4 is 0 Å². The Morgan fingerprint density at radius 2 is 1.82 bits per heavy atom. The normalized spacial score (nSPS) is 20.5. The molecule has 1 aliphatic rings. The number of rotatable bonds is 3. The van der Waals surface area contributed by atoms with Gasteiger partial charge in [-0.2, -0.15) is 0 Å². The number of benzene rings is 2. The maximum atomic E-state index is 12.8. The first-order chi connectivity index (χ1) is 10.5. The molecule has 0 saturated carbocycles. The van der Waals surface area contributed by atoms with Crippen LogP contribution in [-0.4, -0.2) is 11.6 Å². The maximum absolute atomic E-state index is 12.8. The Balaban J connectivity index is 1.84. The molecular formula is C19H17ClO2. The lowest BCUT2D eigenvalue weighted by atomic mass is 9.69. The molecule has 0 N–H and O–H groups in total. The van der Waals surface area contributed by atoms with Gasteiger partial charge in [-0.1, -0.05) is 42.8 Å². The molecule has 2 nitrogen and oxygen atoms in total. The minimum absolute atomic E-state index is 0.00750. The fourth-order valence-electron chi connectivity index (χ4n) is 3.07. The second kappa shape index (κ2) is 5.69. The molecule has 1 atom stereocenters. The number of Topliss-reactive ketones (excluding diaryl/α,β-unsaturated/α-hetero) is 2. The van der Waals surface area contributed by atoms with Crippen molar-refractivity contribution < 1.29 is 9.59 Å². The smallest absolute Gasteiger partial charge is 0.169 e. The predicted octanol–water partition coefficient (Wildman–Crippen LogP) is 4.75. The number of hydrogen-bond acceptors (Lipinski definition) is 2. The highest BCUT2D eigenvalue weighted by molar-refractivity contribution is 6.30. The molecule has 1 aliphatic carbocycles. The molecule has 2 aromatic carbocycles. The Morgan fingerprint density at radius 3 is 2.55 bits per heavy atom. The third-order valence-electron chi connectivity index (χ3n) is 4.47. The summed E-state index contributed by atoms with van der Waals surface area (Å²) in [5.74, 6) is 0.0727. The molecule has 0 amide bonds. The zero-order valence-corrected chi connectivity index (χ0v) is 13.2. The van der Waals surface area contributed by atoms with Gasteiger partial charge in [-0.3, -0.25) is 9.59 Å². The fraction of sp³-hybridized carbons (Fsp3) is 0.263. The number of carbonyl (C=O) groups excluding carboxylic acids is 2. The van der Waals surface area contributed by atoms with Gasteiger partial charge in [-0.15, -0.1) is 0 Å². The summed E-state index contributed by atoms with van der Waals surface area (Å²) in [6.07, 6.45) is 1.79. The van der Waals surface area contributed by atoms with E-state index in [-0.39, 0.29) is 18.0 Å². The van der Waals surface area contributed by atoms with Crippen molar-refractivity contribution in [2.45, 2.75) is 26.2 Å². The average molecular weight is 313 g/mol. The van der Waals surface area contributed by atoms with Gasteiger partial charge in [0.05, 0.1) is 0 Å². The van der Waals surface area contributed by atoms with E-state index < -0.39 is 5.41 Å². The van der Waals surface area contributed by atoms with Crippen molar-refractivity contribution in [3.8, 4) is 0 Å². The molecule has 22 heavy (non-hydrogen) atoms. The number of fused-ring (bicyclic) bond motifs is 1. The van der Waals surface area contributed by atoms with Crippen LogP contribution in [0.5, 0.6) is 0 Å². The SMILES string of the molecule is CC1(CC(=O)c2ccc(Cl)cc2)CCc2ccccc2C1=O. The zero-order valence-electron chi connectivity index (χ0n) is 12.4. The van der Waals surface area contributed by atoms with Crippen LogP contribution in [0.15, 0.2) is 48.5 Å². The Bertz CT molecular complexity index is 733. The molecular weight excluding hydrogens is 296 g/mol. The summed E-state index contributed by atoms with van der Waals surface area (Å²) in [6, 6.07) is 14.5. The summed E-state index contributed by atoms with van der Waals surface area (Å²) < 4.78 is 0. The van der Waals surface area contributed by atoms with E-state index in [0.29, 0.717) is 17.0 Å². The number of aryl methyl sites for hydroxylation is 1. The van der Waals surface area contributed by atoms with Crippen molar-refractivity contribution >= 4 is 23.2 Å². The minimum Gasteiger partial charge on any atom is -0.294 e. The van der Waals surface area contributed by atoms with Crippen molar-refractivity contribution in [3.63, 3.8) is 0 Å². The maximum Gasteiger partial charge on any atom is 0.169 e. The summed E-state index contributed by atoms with van der Waals surface area (Å²) in [5.41, 5.74) is 1.84. The molecule has 0 heterocycles. The van der Waals surface area contributed by atoms with Crippen LogP contribution in [0.1, 0.15) is 46.0 Å². The largest absolute Gasteiger partial charge is 0.294 e. The van der Waals surface area contributed by atoms with Crippen LogP contribution in [0.4, 0.5) is 0 Å². The standard InChI is InChI=1S/C19H17ClO2/c1-19(12-17(21)14-6-8-15(20)9-7-14)11-10-13-4-2-3-5-16(13)18(19)22/h2-9H,10-12H2,1H3. The van der Waals surface area contributed by atoms with Crippen molar-refractivity contribution in [1.82, 2.24) is 0 Å². The van der Waals surface area contributed by atoms with Gasteiger partial charge < -0.3 is 0 Å². The van der Waals surface area contributed by atoms with Gasteiger partial charge >= 0.3 is 0 Å². The van der Waals surface area contributed by atoms with Gasteiger partial charge in [0.1, 0.15) is 0 Å². The molecule has 3 heteroatoms. The van der Waals surface area contributed by atoms with Crippen LogP contribution in [0.3, 0.4) is 0 Å². The highest BCUT2D eigenvalue weighted by Gasteiger charge is 2.39. The van der Waals surface area contributed by atoms with E-state index in [1.165, 1.54) is 0 Å². The van der Waals surface area contributed by atoms with Crippen LogP contribution in [0, 0.1) is 5.41 Å². The van der Waals surface area contributed by atoms with E-state index in [0.717, 1.165) is 17.5 Å². The van der Waals surface area contributed by atoms with Crippen molar-refractivity contribution in [2.24, 2.45) is 5.41 Å². The van der Waals surface area contributed by atoms with Crippen molar-refractivity contribution in [2.75, 3.05) is 0 Å². The fourth-order valence-corrected chi connectivity index (χ4v) is 3.20. The van der Waals surface area contributed by atoms with Crippen LogP contribution >= 0.6 is 11.6 Å². The zero-order chi connectivity index (χ0) is 15.7. The lowest BCUT2D eigenvalue weighted by Gasteiger charge is -2.32. The molecule has 0 aromatic heterocycles. The van der Waals surface area contributed by atoms with Gasteiger partial charge in [0.25, 0.3) is 0 Å². The molecule has 112 valence electrons. The van der Waals surface area contributed by atoms with E-state index in [1.807, 2.05) is 31.2 Å². The quantitative estimate of drug-likeness (QED) is 0.767. The van der Waals surface area contributed by atoms with Crippen LogP contribution in [0.25, 0.3) is 0 Å². The van der Waals surface area contributed by atoms with E-state index in [9.17, 15) is 9.59 Å². The summed E-state index contributed by atoms with van der Waals surface area (Å²) >= 11 is 5.85. The van der Waals surface area contributed by atoms with E-state index in [1.54, 1.807) is 24.3 Å². The summed E-state index contributed by atoms with van der Waals surface area (Å²) in [5, 5.41) is 0.602. The summed E-state index contributed by atoms with van der Waals surface area (Å²) in [7, 11) is 0. The number of halogens is 1. The van der Waals surface area contributed by atoms with Crippen molar-refractivity contribution in [1.29, 1.82) is 0 Å². The first-order valence-electron chi connectivity index (χ1n) is 7.41. The lowest BCUT2D eigenvalue weighted by molar-refractivity contribution is 0.0715. The van der Waals surface area contributed by atoms with Gasteiger partial charge in [-0.25, -0.2) is 0 Å². The van der Waals surface area contributed by atoms with Gasteiger partial charge in [0, 0.05) is 28.0 Å². The predicted molar refractivity (Wildman–Crippen MR) is 87.6 cm³/mol. The van der Waals surface area contributed by atoms with E-state index in [4.69, 9.17) is 11.6 Å². The van der Waals surface area contributed by atoms with Crippen LogP contribution in [0.2, 0.25) is 5.02 Å². The molecule has 0 aliphatic heterocycles. The highest BCUT2D eigenvalue weighted by Crippen LogP contribution is 2.38. The molecule has 0 spiro atoms. The van der Waals surface area contributed by atoms with Gasteiger partial charge in [0.15, 0.2) is 11.6 Å². The Kier molecular flexibility index (Phi) is 3.88. The average Bonchev–Trinajstić information content (AvgIpc) is 2.52. The monoisotopic (exact) mass is 312 g/mol. The van der Waals surface area contributed by atoms with E-state index in [2.05, 4.69) is 0 Å². The summed E-state index contributed by atoms with van der Waals surface area (Å²) in [6.45, 7) is 1.90. The summed E-state index contributed by atoms with van der Waals surface area (Å²) in [4.78, 5) is 25.3. The highest BCUT2D eigenvalue weighted by atomic mass is 35.5. The first-order valence-corrected chi connectivity index (χ1v) is 7.79. The second-order valence-corrected chi connectivity index (χ2v) is 6.59. The molecule has 0 saturated heterocycles. The van der Waals surface area contributed by atoms with Crippen LogP contribution in [-0.2, 0) is 6.42 Å². The molecule has 0 radical (unpaired) electrons. The third kappa shape index (κ3) is 2.71. The molecule has 3 rings (SSSR count). The van der Waals surface area contributed by atoms with E-state index >= 15 is 0 Å². The first kappa shape index (κ1) is 15.0.